The standard InChI is InChI=1S/C24H51N.H2O/c1-5-9-10-11-12-13-14-15-16-17-18-19-20-21-22-23(6-2)24(25,7-3)8-4;/h23H,5-22,25H2,1-4H3;1H2. The fourth-order valence-corrected chi connectivity index (χ4v) is 4.31. The van der Waals surface area contributed by atoms with Gasteiger partial charge in [0.15, 0.2) is 0 Å². The highest BCUT2D eigenvalue weighted by molar-refractivity contribution is 4.88. The Morgan fingerprint density at radius 1 is 0.577 bits per heavy atom. The molecule has 0 aliphatic rings. The molecule has 26 heavy (non-hydrogen) atoms. The predicted octanol–water partition coefficient (Wildman–Crippen LogP) is 7.58. The van der Waals surface area contributed by atoms with Gasteiger partial charge in [-0.15, -0.1) is 0 Å². The minimum absolute atomic E-state index is 0. The van der Waals surface area contributed by atoms with Gasteiger partial charge < -0.3 is 11.2 Å². The van der Waals surface area contributed by atoms with Gasteiger partial charge in [0.1, 0.15) is 0 Å². The summed E-state index contributed by atoms with van der Waals surface area (Å²) in [6, 6.07) is 0. The highest BCUT2D eigenvalue weighted by Gasteiger charge is 2.29. The van der Waals surface area contributed by atoms with Gasteiger partial charge in [0.2, 0.25) is 0 Å². The summed E-state index contributed by atoms with van der Waals surface area (Å²) < 4.78 is 0. The summed E-state index contributed by atoms with van der Waals surface area (Å²) in [5.41, 5.74) is 6.69. The summed E-state index contributed by atoms with van der Waals surface area (Å²) in [6.07, 6.45) is 25.0. The lowest BCUT2D eigenvalue weighted by Crippen LogP contribution is -2.45. The van der Waals surface area contributed by atoms with Crippen molar-refractivity contribution in [3.8, 4) is 0 Å². The molecule has 0 heterocycles. The minimum Gasteiger partial charge on any atom is -0.412 e. The van der Waals surface area contributed by atoms with Crippen LogP contribution in [0, 0.1) is 5.92 Å². The fourth-order valence-electron chi connectivity index (χ4n) is 4.31. The molecule has 0 amide bonds. The number of unbranched alkanes of at least 4 members (excludes halogenated alkanes) is 13. The lowest BCUT2D eigenvalue weighted by atomic mass is 9.76. The normalized spacial score (nSPS) is 12.8. The van der Waals surface area contributed by atoms with E-state index in [1.807, 2.05) is 0 Å². The fraction of sp³-hybridized carbons (Fsp3) is 1.00. The molecular weight excluding hydrogens is 318 g/mol. The van der Waals surface area contributed by atoms with E-state index in [1.165, 1.54) is 103 Å². The molecule has 1 atom stereocenters. The van der Waals surface area contributed by atoms with Crippen molar-refractivity contribution in [3.05, 3.63) is 0 Å². The van der Waals surface area contributed by atoms with Gasteiger partial charge in [0.05, 0.1) is 0 Å². The molecular formula is C24H53NO. The van der Waals surface area contributed by atoms with E-state index in [4.69, 9.17) is 5.73 Å². The molecule has 160 valence electrons. The number of nitrogens with two attached hydrogens (primary N) is 1. The van der Waals surface area contributed by atoms with Crippen LogP contribution in [0.15, 0.2) is 0 Å². The van der Waals surface area contributed by atoms with E-state index in [-0.39, 0.29) is 11.0 Å². The second-order valence-corrected chi connectivity index (χ2v) is 8.43. The second kappa shape index (κ2) is 19.7. The average molecular weight is 372 g/mol. The third-order valence-corrected chi connectivity index (χ3v) is 6.53. The van der Waals surface area contributed by atoms with E-state index in [1.54, 1.807) is 0 Å². The van der Waals surface area contributed by atoms with Crippen LogP contribution in [0.25, 0.3) is 0 Å². The monoisotopic (exact) mass is 371 g/mol. The molecule has 0 rings (SSSR count). The topological polar surface area (TPSA) is 57.5 Å². The van der Waals surface area contributed by atoms with Crippen LogP contribution in [0.5, 0.6) is 0 Å². The Morgan fingerprint density at radius 3 is 1.23 bits per heavy atom. The summed E-state index contributed by atoms with van der Waals surface area (Å²) in [6.45, 7) is 9.14. The number of hydrogen-bond acceptors (Lipinski definition) is 1. The molecule has 0 radical (unpaired) electrons. The Labute approximate surface area is 166 Å². The average Bonchev–Trinajstić information content (AvgIpc) is 2.64. The van der Waals surface area contributed by atoms with Gasteiger partial charge in [0, 0.05) is 5.54 Å². The van der Waals surface area contributed by atoms with E-state index < -0.39 is 0 Å². The Bertz CT molecular complexity index is 263. The Kier molecular flexibility index (Phi) is 21.3. The summed E-state index contributed by atoms with van der Waals surface area (Å²) >= 11 is 0. The molecule has 0 fully saturated rings. The van der Waals surface area contributed by atoms with Gasteiger partial charge in [0.25, 0.3) is 0 Å². The van der Waals surface area contributed by atoms with Crippen molar-refractivity contribution < 1.29 is 5.48 Å². The van der Waals surface area contributed by atoms with Crippen LogP contribution in [-0.2, 0) is 0 Å². The van der Waals surface area contributed by atoms with Crippen molar-refractivity contribution in [1.82, 2.24) is 0 Å². The SMILES string of the molecule is CCCCCCCCCCCCCCCCC(CC)C(N)(CC)CC.O. The Balaban J connectivity index is 0. The van der Waals surface area contributed by atoms with Crippen molar-refractivity contribution in [2.75, 3.05) is 0 Å². The molecule has 0 aromatic rings. The van der Waals surface area contributed by atoms with E-state index in [0.29, 0.717) is 0 Å². The van der Waals surface area contributed by atoms with Crippen LogP contribution >= 0.6 is 0 Å². The Hall–Kier alpha value is -0.0800. The van der Waals surface area contributed by atoms with Gasteiger partial charge in [-0.3, -0.25) is 0 Å². The second-order valence-electron chi connectivity index (χ2n) is 8.43. The van der Waals surface area contributed by atoms with Gasteiger partial charge in [-0.1, -0.05) is 124 Å². The first-order valence-corrected chi connectivity index (χ1v) is 11.9. The molecule has 0 aliphatic heterocycles. The maximum atomic E-state index is 6.61. The minimum atomic E-state index is 0. The van der Waals surface area contributed by atoms with Crippen LogP contribution < -0.4 is 5.73 Å². The third kappa shape index (κ3) is 14.0. The predicted molar refractivity (Wildman–Crippen MR) is 120 cm³/mol. The van der Waals surface area contributed by atoms with Crippen LogP contribution in [0.1, 0.15) is 143 Å². The van der Waals surface area contributed by atoms with Gasteiger partial charge >= 0.3 is 0 Å². The molecule has 4 N–H and O–H groups in total. The molecule has 1 unspecified atom stereocenters. The molecule has 2 nitrogen and oxygen atoms in total. The quantitative estimate of drug-likeness (QED) is 0.234. The lowest BCUT2D eigenvalue weighted by Gasteiger charge is -2.36. The van der Waals surface area contributed by atoms with Gasteiger partial charge in [-0.05, 0) is 25.2 Å². The van der Waals surface area contributed by atoms with Crippen molar-refractivity contribution in [3.63, 3.8) is 0 Å². The highest BCUT2D eigenvalue weighted by Crippen LogP contribution is 2.30. The molecule has 0 aliphatic carbocycles. The van der Waals surface area contributed by atoms with Crippen molar-refractivity contribution in [2.45, 2.75) is 149 Å². The van der Waals surface area contributed by atoms with E-state index in [0.717, 1.165) is 18.8 Å². The lowest BCUT2D eigenvalue weighted by molar-refractivity contribution is 0.225. The molecule has 0 aromatic carbocycles. The summed E-state index contributed by atoms with van der Waals surface area (Å²) in [5.74, 6) is 0.722. The van der Waals surface area contributed by atoms with Gasteiger partial charge in [-0.2, -0.15) is 0 Å². The Morgan fingerprint density at radius 2 is 0.923 bits per heavy atom. The highest BCUT2D eigenvalue weighted by atomic mass is 16.0. The summed E-state index contributed by atoms with van der Waals surface area (Å²) in [7, 11) is 0. The third-order valence-electron chi connectivity index (χ3n) is 6.53. The summed E-state index contributed by atoms with van der Waals surface area (Å²) in [4.78, 5) is 0. The largest absolute Gasteiger partial charge is 0.412 e. The maximum absolute atomic E-state index is 6.61. The van der Waals surface area contributed by atoms with Crippen LogP contribution in [0.2, 0.25) is 0 Å². The van der Waals surface area contributed by atoms with Crippen LogP contribution in [-0.4, -0.2) is 11.0 Å². The van der Waals surface area contributed by atoms with E-state index in [2.05, 4.69) is 27.7 Å². The maximum Gasteiger partial charge on any atom is 0.0177 e. The summed E-state index contributed by atoms with van der Waals surface area (Å²) in [5, 5.41) is 0. The van der Waals surface area contributed by atoms with Crippen molar-refractivity contribution in [1.29, 1.82) is 0 Å². The zero-order valence-electron chi connectivity index (χ0n) is 18.9. The van der Waals surface area contributed by atoms with E-state index >= 15 is 0 Å². The molecule has 0 bridgehead atoms. The van der Waals surface area contributed by atoms with Gasteiger partial charge in [-0.25, -0.2) is 0 Å². The van der Waals surface area contributed by atoms with Crippen LogP contribution in [0.4, 0.5) is 0 Å². The van der Waals surface area contributed by atoms with Crippen molar-refractivity contribution >= 4 is 0 Å². The van der Waals surface area contributed by atoms with E-state index in [9.17, 15) is 0 Å². The molecule has 0 spiro atoms. The first kappa shape index (κ1) is 28.1. The molecule has 0 saturated carbocycles. The molecule has 2 heteroatoms. The zero-order valence-corrected chi connectivity index (χ0v) is 18.9. The number of hydrogen-bond donors (Lipinski definition) is 1. The molecule has 0 aromatic heterocycles. The first-order valence-electron chi connectivity index (χ1n) is 11.9. The number of rotatable bonds is 19. The first-order chi connectivity index (χ1) is 12.1. The smallest absolute Gasteiger partial charge is 0.0177 e. The van der Waals surface area contributed by atoms with Crippen molar-refractivity contribution in [2.24, 2.45) is 11.7 Å². The van der Waals surface area contributed by atoms with Crippen LogP contribution in [0.3, 0.4) is 0 Å². The molecule has 0 saturated heterocycles. The zero-order chi connectivity index (χ0) is 18.8.